The summed E-state index contributed by atoms with van der Waals surface area (Å²) in [5, 5.41) is 12.2. The SMILES string of the molecule is CCc1ccc(C(C)NCc2ccc(F)c(C#N)c2)cc1. The fourth-order valence-corrected chi connectivity index (χ4v) is 2.20. The molecule has 2 aromatic carbocycles. The van der Waals surface area contributed by atoms with Crippen LogP contribution >= 0.6 is 0 Å². The van der Waals surface area contributed by atoms with Gasteiger partial charge in [0.2, 0.25) is 0 Å². The van der Waals surface area contributed by atoms with Crippen molar-refractivity contribution in [3.05, 3.63) is 70.5 Å². The number of aryl methyl sites for hydroxylation is 1. The number of hydrogen-bond acceptors (Lipinski definition) is 2. The van der Waals surface area contributed by atoms with Crippen molar-refractivity contribution in [2.45, 2.75) is 32.9 Å². The van der Waals surface area contributed by atoms with Gasteiger partial charge in [-0.15, -0.1) is 0 Å². The topological polar surface area (TPSA) is 35.8 Å². The molecule has 2 nitrogen and oxygen atoms in total. The zero-order chi connectivity index (χ0) is 15.2. The van der Waals surface area contributed by atoms with Crippen LogP contribution in [0.15, 0.2) is 42.5 Å². The number of nitrogens with one attached hydrogen (secondary N) is 1. The molecule has 2 rings (SSSR count). The van der Waals surface area contributed by atoms with Crippen LogP contribution in [-0.4, -0.2) is 0 Å². The van der Waals surface area contributed by atoms with E-state index in [1.54, 1.807) is 12.1 Å². The summed E-state index contributed by atoms with van der Waals surface area (Å²) in [7, 11) is 0. The summed E-state index contributed by atoms with van der Waals surface area (Å²) in [6.07, 6.45) is 1.04. The molecule has 1 N–H and O–H groups in total. The van der Waals surface area contributed by atoms with Gasteiger partial charge in [0.15, 0.2) is 0 Å². The maximum atomic E-state index is 13.3. The van der Waals surface area contributed by atoms with E-state index in [9.17, 15) is 4.39 Å². The smallest absolute Gasteiger partial charge is 0.140 e. The van der Waals surface area contributed by atoms with Gasteiger partial charge in [0, 0.05) is 12.6 Å². The third-order valence-electron chi connectivity index (χ3n) is 3.65. The summed E-state index contributed by atoms with van der Waals surface area (Å²) < 4.78 is 13.3. The number of hydrogen-bond donors (Lipinski definition) is 1. The molecule has 3 heteroatoms. The third-order valence-corrected chi connectivity index (χ3v) is 3.65. The van der Waals surface area contributed by atoms with Gasteiger partial charge in [0.05, 0.1) is 5.56 Å². The van der Waals surface area contributed by atoms with Crippen molar-refractivity contribution in [3.63, 3.8) is 0 Å². The molecule has 0 bridgehead atoms. The Bertz CT molecular complexity index is 641. The normalized spacial score (nSPS) is 11.9. The number of halogens is 1. The molecule has 0 saturated carbocycles. The Labute approximate surface area is 125 Å². The van der Waals surface area contributed by atoms with E-state index >= 15 is 0 Å². The van der Waals surface area contributed by atoms with E-state index in [0.717, 1.165) is 12.0 Å². The average Bonchev–Trinajstić information content (AvgIpc) is 2.53. The van der Waals surface area contributed by atoms with Gasteiger partial charge < -0.3 is 5.32 Å². The van der Waals surface area contributed by atoms with Crippen LogP contribution in [-0.2, 0) is 13.0 Å². The first kappa shape index (κ1) is 15.2. The van der Waals surface area contributed by atoms with Crippen molar-refractivity contribution >= 4 is 0 Å². The fraction of sp³-hybridized carbons (Fsp3) is 0.278. The van der Waals surface area contributed by atoms with Crippen LogP contribution in [0.25, 0.3) is 0 Å². The Morgan fingerprint density at radius 1 is 1.14 bits per heavy atom. The summed E-state index contributed by atoms with van der Waals surface area (Å²) in [4.78, 5) is 0. The lowest BCUT2D eigenvalue weighted by molar-refractivity contribution is 0.572. The molecule has 0 amide bonds. The predicted molar refractivity (Wildman–Crippen MR) is 82.2 cm³/mol. The molecule has 0 aromatic heterocycles. The van der Waals surface area contributed by atoms with Crippen LogP contribution in [0, 0.1) is 17.1 Å². The standard InChI is InChI=1S/C18H19FN2/c1-3-14-4-7-16(8-5-14)13(2)21-12-15-6-9-18(19)17(10-15)11-20/h4-10,13,21H,3,12H2,1-2H3. The van der Waals surface area contributed by atoms with E-state index in [-0.39, 0.29) is 11.6 Å². The summed E-state index contributed by atoms with van der Waals surface area (Å²) in [6.45, 7) is 4.83. The van der Waals surface area contributed by atoms with Crippen molar-refractivity contribution in [3.8, 4) is 6.07 Å². The molecule has 0 spiro atoms. The van der Waals surface area contributed by atoms with Crippen LogP contribution in [0.1, 0.15) is 42.1 Å². The fourth-order valence-electron chi connectivity index (χ4n) is 2.20. The summed E-state index contributed by atoms with van der Waals surface area (Å²) in [5.41, 5.74) is 3.54. The second-order valence-electron chi connectivity index (χ2n) is 5.12. The third kappa shape index (κ3) is 3.90. The van der Waals surface area contributed by atoms with Gasteiger partial charge in [-0.3, -0.25) is 0 Å². The van der Waals surface area contributed by atoms with Crippen LogP contribution in [0.4, 0.5) is 4.39 Å². The number of nitrogens with zero attached hydrogens (tertiary/aromatic N) is 1. The highest BCUT2D eigenvalue weighted by Gasteiger charge is 2.06. The highest BCUT2D eigenvalue weighted by Crippen LogP contribution is 2.15. The minimum Gasteiger partial charge on any atom is -0.306 e. The quantitative estimate of drug-likeness (QED) is 0.895. The van der Waals surface area contributed by atoms with E-state index in [1.807, 2.05) is 6.07 Å². The number of rotatable bonds is 5. The summed E-state index contributed by atoms with van der Waals surface area (Å²) in [6, 6.07) is 15.2. The van der Waals surface area contributed by atoms with Gasteiger partial charge in [0.25, 0.3) is 0 Å². The molecule has 21 heavy (non-hydrogen) atoms. The second kappa shape index (κ2) is 7.01. The highest BCUT2D eigenvalue weighted by atomic mass is 19.1. The van der Waals surface area contributed by atoms with Gasteiger partial charge in [-0.1, -0.05) is 37.3 Å². The van der Waals surface area contributed by atoms with Crippen LogP contribution in [0.5, 0.6) is 0 Å². The van der Waals surface area contributed by atoms with Gasteiger partial charge in [-0.25, -0.2) is 4.39 Å². The molecule has 1 unspecified atom stereocenters. The van der Waals surface area contributed by atoms with E-state index < -0.39 is 5.82 Å². The van der Waals surface area contributed by atoms with E-state index in [4.69, 9.17) is 5.26 Å². The first-order valence-electron chi connectivity index (χ1n) is 7.14. The highest BCUT2D eigenvalue weighted by molar-refractivity contribution is 5.34. The van der Waals surface area contributed by atoms with Gasteiger partial charge in [-0.2, -0.15) is 5.26 Å². The van der Waals surface area contributed by atoms with Crippen molar-refractivity contribution in [1.82, 2.24) is 5.32 Å². The Morgan fingerprint density at radius 2 is 1.81 bits per heavy atom. The van der Waals surface area contributed by atoms with Gasteiger partial charge in [0.1, 0.15) is 11.9 Å². The van der Waals surface area contributed by atoms with Gasteiger partial charge in [-0.05, 0) is 42.2 Å². The Hall–Kier alpha value is -2.18. The molecule has 2 aromatic rings. The molecule has 0 saturated heterocycles. The summed E-state index contributed by atoms with van der Waals surface area (Å²) >= 11 is 0. The zero-order valence-electron chi connectivity index (χ0n) is 12.4. The van der Waals surface area contributed by atoms with Crippen molar-refractivity contribution < 1.29 is 4.39 Å². The molecular formula is C18H19FN2. The van der Waals surface area contributed by atoms with E-state index in [2.05, 4.69) is 43.4 Å². The largest absolute Gasteiger partial charge is 0.306 e. The molecule has 1 atom stereocenters. The predicted octanol–water partition coefficient (Wildman–Crippen LogP) is 4.11. The molecule has 0 aliphatic heterocycles. The Morgan fingerprint density at radius 3 is 2.43 bits per heavy atom. The maximum Gasteiger partial charge on any atom is 0.140 e. The first-order valence-corrected chi connectivity index (χ1v) is 7.14. The lowest BCUT2D eigenvalue weighted by Gasteiger charge is -2.15. The number of nitriles is 1. The number of benzene rings is 2. The van der Waals surface area contributed by atoms with Crippen molar-refractivity contribution in [2.75, 3.05) is 0 Å². The molecule has 0 fully saturated rings. The monoisotopic (exact) mass is 282 g/mol. The first-order chi connectivity index (χ1) is 10.1. The van der Waals surface area contributed by atoms with Crippen molar-refractivity contribution in [1.29, 1.82) is 5.26 Å². The lowest BCUT2D eigenvalue weighted by atomic mass is 10.0. The molecule has 108 valence electrons. The Balaban J connectivity index is 2.00. The average molecular weight is 282 g/mol. The molecular weight excluding hydrogens is 263 g/mol. The molecule has 0 aliphatic rings. The molecule has 0 heterocycles. The van der Waals surface area contributed by atoms with Gasteiger partial charge >= 0.3 is 0 Å². The van der Waals surface area contributed by atoms with Crippen LogP contribution < -0.4 is 5.32 Å². The zero-order valence-corrected chi connectivity index (χ0v) is 12.4. The maximum absolute atomic E-state index is 13.3. The van der Waals surface area contributed by atoms with E-state index in [0.29, 0.717) is 6.54 Å². The molecule has 0 radical (unpaired) electrons. The summed E-state index contributed by atoms with van der Waals surface area (Å²) in [5.74, 6) is -0.468. The lowest BCUT2D eigenvalue weighted by Crippen LogP contribution is -2.18. The minimum atomic E-state index is -0.468. The van der Waals surface area contributed by atoms with Crippen molar-refractivity contribution in [2.24, 2.45) is 0 Å². The minimum absolute atomic E-state index is 0.0919. The van der Waals surface area contributed by atoms with Crippen LogP contribution in [0.2, 0.25) is 0 Å². The van der Waals surface area contributed by atoms with Crippen LogP contribution in [0.3, 0.4) is 0 Å². The second-order valence-corrected chi connectivity index (χ2v) is 5.12. The molecule has 0 aliphatic carbocycles. The van der Waals surface area contributed by atoms with E-state index in [1.165, 1.54) is 17.2 Å². The Kier molecular flexibility index (Phi) is 5.08.